The monoisotopic (exact) mass is 402 g/mol. The molecule has 3 nitrogen and oxygen atoms in total. The minimum atomic E-state index is -6.00. The Bertz CT molecular complexity index is 362. The van der Waals surface area contributed by atoms with Crippen LogP contribution in [0.5, 0.6) is 0 Å². The van der Waals surface area contributed by atoms with Crippen molar-refractivity contribution in [3.63, 3.8) is 0 Å². The zero-order valence-electron chi connectivity index (χ0n) is 14.0. The van der Waals surface area contributed by atoms with Crippen LogP contribution in [0.1, 0.15) is 33.6 Å². The fourth-order valence-electron chi connectivity index (χ4n) is 2.79. The standard InChI is InChI=1S/C13H19.3CO.BF4.Fe/c1-4-5-6-10-7-8-11-9-12(10)13(11,2)3;3*1-2;2-1(3,4)5;/h4-7,11-12H,8-9H2,1-3H3;;;;;/q;;;;-1;+2/t11-,12-;;;;;/m0...../s1. The summed E-state index contributed by atoms with van der Waals surface area (Å²) in [6.45, 7) is 20.4. The SMILES string of the molecule is C[CH][CH][CH][C]1[CH]C[C@H]2C[C@@H]1C2(C)C.F[B-](F)(F)F.[C-]#[O+].[C-]#[O+].[C-]#[O+].[Fe+2]. The molecule has 0 unspecified atom stereocenters. The maximum Gasteiger partial charge on any atom is 2.00 e. The summed E-state index contributed by atoms with van der Waals surface area (Å²) in [5.41, 5.74) is 0.572. The van der Waals surface area contributed by atoms with E-state index in [2.05, 4.69) is 66.4 Å². The molecule has 139 valence electrons. The third-order valence-corrected chi connectivity index (χ3v) is 3.99. The topological polar surface area (TPSA) is 59.7 Å². The molecule has 0 N–H and O–H groups in total. The van der Waals surface area contributed by atoms with Gasteiger partial charge in [-0.05, 0) is 61.7 Å². The molecular weight excluding hydrogens is 383 g/mol. The van der Waals surface area contributed by atoms with E-state index in [4.69, 9.17) is 14.0 Å². The predicted molar refractivity (Wildman–Crippen MR) is 78.1 cm³/mol. The van der Waals surface area contributed by atoms with Gasteiger partial charge in [0.2, 0.25) is 0 Å². The first-order valence-corrected chi connectivity index (χ1v) is 6.81. The number of halogens is 4. The van der Waals surface area contributed by atoms with Crippen molar-refractivity contribution >= 4 is 7.25 Å². The van der Waals surface area contributed by atoms with Gasteiger partial charge in [0.05, 0.1) is 0 Å². The smallest absolute Gasteiger partial charge is 2.00 e. The van der Waals surface area contributed by atoms with Crippen molar-refractivity contribution in [3.05, 3.63) is 51.6 Å². The van der Waals surface area contributed by atoms with E-state index < -0.39 is 7.25 Å². The Labute approximate surface area is 158 Å². The van der Waals surface area contributed by atoms with Gasteiger partial charge in [-0.3, -0.25) is 0 Å². The molecule has 3 fully saturated rings. The van der Waals surface area contributed by atoms with E-state index in [1.807, 2.05) is 0 Å². The van der Waals surface area contributed by atoms with Gasteiger partial charge in [-0.2, -0.15) is 0 Å². The van der Waals surface area contributed by atoms with Crippen LogP contribution in [0.3, 0.4) is 0 Å². The molecule has 0 aromatic carbocycles. The largest absolute Gasteiger partial charge is 2.00 e. The number of fused-ring (bicyclic) bond motifs is 2. The molecule has 3 saturated carbocycles. The summed E-state index contributed by atoms with van der Waals surface area (Å²) < 4.78 is 61.5. The zero-order chi connectivity index (χ0) is 20.0. The van der Waals surface area contributed by atoms with Crippen LogP contribution in [0.2, 0.25) is 0 Å². The van der Waals surface area contributed by atoms with Crippen LogP contribution in [-0.2, 0) is 31.0 Å². The van der Waals surface area contributed by atoms with Crippen LogP contribution in [-0.4, -0.2) is 7.25 Å². The van der Waals surface area contributed by atoms with Crippen LogP contribution in [0.15, 0.2) is 0 Å². The van der Waals surface area contributed by atoms with Gasteiger partial charge in [-0.15, -0.1) is 0 Å². The molecular formula is C16H19BF4FeO3+. The molecule has 0 aliphatic heterocycles. The Morgan fingerprint density at radius 3 is 1.76 bits per heavy atom. The third kappa shape index (κ3) is 13.4. The third-order valence-electron chi connectivity index (χ3n) is 3.99. The Kier molecular flexibility index (Phi) is 21.9. The van der Waals surface area contributed by atoms with Gasteiger partial charge in [0.25, 0.3) is 0 Å². The van der Waals surface area contributed by atoms with E-state index in [9.17, 15) is 17.3 Å². The summed E-state index contributed by atoms with van der Waals surface area (Å²) in [5, 5.41) is 0. The fourth-order valence-corrected chi connectivity index (χ4v) is 2.79. The number of unbranched alkanes of at least 4 members (excludes halogenated alkanes) is 1. The molecule has 0 spiro atoms. The van der Waals surface area contributed by atoms with E-state index >= 15 is 0 Å². The Morgan fingerprint density at radius 2 is 1.48 bits per heavy atom. The number of hydrogen-bond donors (Lipinski definition) is 0. The van der Waals surface area contributed by atoms with Crippen molar-refractivity contribution in [2.24, 2.45) is 17.3 Å². The molecule has 3 aliphatic rings. The number of hydrogen-bond acceptors (Lipinski definition) is 0. The Balaban J connectivity index is -0.000000157. The molecule has 3 aliphatic carbocycles. The zero-order valence-corrected chi connectivity index (χ0v) is 15.2. The molecule has 2 atom stereocenters. The molecule has 0 amide bonds. The average molecular weight is 402 g/mol. The molecule has 2 bridgehead atoms. The quantitative estimate of drug-likeness (QED) is 0.286. The maximum absolute atomic E-state index is 9.75. The molecule has 25 heavy (non-hydrogen) atoms. The Morgan fingerprint density at radius 1 is 1.08 bits per heavy atom. The number of rotatable bonds is 3. The van der Waals surface area contributed by atoms with Gasteiger partial charge < -0.3 is 17.3 Å². The first-order chi connectivity index (χ1) is 11.2. The summed E-state index contributed by atoms with van der Waals surface area (Å²) in [7, 11) is -6.00. The van der Waals surface area contributed by atoms with E-state index in [1.165, 1.54) is 12.8 Å². The van der Waals surface area contributed by atoms with Gasteiger partial charge in [0.15, 0.2) is 0 Å². The molecule has 0 saturated heterocycles. The molecule has 0 heterocycles. The second-order valence-electron chi connectivity index (χ2n) is 5.43. The van der Waals surface area contributed by atoms with Crippen LogP contribution in [0.25, 0.3) is 0 Å². The average Bonchev–Trinajstić information content (AvgIpc) is 2.57. The van der Waals surface area contributed by atoms with E-state index in [0.29, 0.717) is 5.41 Å². The summed E-state index contributed by atoms with van der Waals surface area (Å²) in [4.78, 5) is 0. The second-order valence-corrected chi connectivity index (χ2v) is 5.43. The van der Waals surface area contributed by atoms with Gasteiger partial charge in [0, 0.05) is 0 Å². The van der Waals surface area contributed by atoms with Crippen molar-refractivity contribution in [2.75, 3.05) is 0 Å². The maximum atomic E-state index is 9.75. The van der Waals surface area contributed by atoms with Gasteiger partial charge >= 0.3 is 58.2 Å². The van der Waals surface area contributed by atoms with Gasteiger partial charge in [0.1, 0.15) is 0 Å². The Hall–Kier alpha value is -0.476. The van der Waals surface area contributed by atoms with Crippen molar-refractivity contribution in [1.29, 1.82) is 0 Å². The van der Waals surface area contributed by atoms with E-state index in [1.54, 1.807) is 5.92 Å². The summed E-state index contributed by atoms with van der Waals surface area (Å²) in [5.74, 6) is 3.37. The normalized spacial score (nSPS) is 22.0. The van der Waals surface area contributed by atoms with Crippen molar-refractivity contribution < 1.29 is 48.3 Å². The first-order valence-electron chi connectivity index (χ1n) is 6.81. The minimum absolute atomic E-state index is 0. The molecule has 3 rings (SSSR count). The van der Waals surface area contributed by atoms with Crippen molar-refractivity contribution in [2.45, 2.75) is 33.6 Å². The predicted octanol–water partition coefficient (Wildman–Crippen LogP) is 4.65. The van der Waals surface area contributed by atoms with Crippen LogP contribution < -0.4 is 0 Å². The first kappa shape index (κ1) is 32.2. The van der Waals surface area contributed by atoms with Crippen molar-refractivity contribution in [3.8, 4) is 0 Å². The fraction of sp³-hybridized carbons (Fsp3) is 0.500. The van der Waals surface area contributed by atoms with Crippen molar-refractivity contribution in [1.82, 2.24) is 0 Å². The van der Waals surface area contributed by atoms with Crippen LogP contribution in [0.4, 0.5) is 17.3 Å². The second kappa shape index (κ2) is 17.0. The molecule has 0 aromatic heterocycles. The summed E-state index contributed by atoms with van der Waals surface area (Å²) in [6, 6.07) is 0. The molecule has 5 radical (unpaired) electrons. The minimum Gasteiger partial charge on any atom is 2.00 e. The van der Waals surface area contributed by atoms with Gasteiger partial charge in [-0.1, -0.05) is 20.8 Å². The summed E-state index contributed by atoms with van der Waals surface area (Å²) >= 11 is 0. The molecule has 0 aromatic rings. The van der Waals surface area contributed by atoms with E-state index in [0.717, 1.165) is 11.8 Å². The van der Waals surface area contributed by atoms with Crippen LogP contribution >= 0.6 is 0 Å². The van der Waals surface area contributed by atoms with E-state index in [-0.39, 0.29) is 17.1 Å². The summed E-state index contributed by atoms with van der Waals surface area (Å²) in [6.07, 6.45) is 11.7. The molecule has 9 heteroatoms. The van der Waals surface area contributed by atoms with Gasteiger partial charge in [-0.25, -0.2) is 0 Å². The van der Waals surface area contributed by atoms with Crippen LogP contribution in [0, 0.1) is 68.8 Å².